The molecule has 0 radical (unpaired) electrons. The maximum Gasteiger partial charge on any atom is 0.274 e. The van der Waals surface area contributed by atoms with Crippen molar-refractivity contribution in [2.24, 2.45) is 0 Å². The SMILES string of the molecule is C=CCn1nc(C(=O)N2CCOCC2)c2c1CC[C@H](N(C)CCc1ccccc1)C2. The van der Waals surface area contributed by atoms with E-state index in [2.05, 4.69) is 48.9 Å². The van der Waals surface area contributed by atoms with E-state index in [-0.39, 0.29) is 5.91 Å². The third-order valence-corrected chi connectivity index (χ3v) is 6.34. The highest BCUT2D eigenvalue weighted by atomic mass is 16.5. The van der Waals surface area contributed by atoms with Crippen molar-refractivity contribution < 1.29 is 9.53 Å². The van der Waals surface area contributed by atoms with E-state index in [0.717, 1.165) is 37.8 Å². The van der Waals surface area contributed by atoms with Gasteiger partial charge in [-0.2, -0.15) is 5.10 Å². The zero-order chi connectivity index (χ0) is 20.9. The summed E-state index contributed by atoms with van der Waals surface area (Å²) in [5, 5.41) is 4.74. The summed E-state index contributed by atoms with van der Waals surface area (Å²) in [7, 11) is 2.20. The first-order chi connectivity index (χ1) is 14.7. The van der Waals surface area contributed by atoms with Crippen LogP contribution in [-0.2, 0) is 30.5 Å². The minimum Gasteiger partial charge on any atom is -0.378 e. The second kappa shape index (κ2) is 9.58. The lowest BCUT2D eigenvalue weighted by molar-refractivity contribution is 0.0297. The Labute approximate surface area is 179 Å². The molecule has 0 bridgehead atoms. The monoisotopic (exact) mass is 408 g/mol. The van der Waals surface area contributed by atoms with E-state index in [0.29, 0.717) is 44.6 Å². The molecule has 0 spiro atoms. The second-order valence-corrected chi connectivity index (χ2v) is 8.26. The van der Waals surface area contributed by atoms with Gasteiger partial charge in [0.1, 0.15) is 0 Å². The smallest absolute Gasteiger partial charge is 0.274 e. The lowest BCUT2D eigenvalue weighted by atomic mass is 9.90. The van der Waals surface area contributed by atoms with Gasteiger partial charge in [0, 0.05) is 36.9 Å². The highest BCUT2D eigenvalue weighted by molar-refractivity contribution is 5.94. The Morgan fingerprint density at radius 1 is 1.30 bits per heavy atom. The van der Waals surface area contributed by atoms with E-state index in [1.165, 1.54) is 11.3 Å². The topological polar surface area (TPSA) is 50.6 Å². The normalized spacial score (nSPS) is 19.0. The van der Waals surface area contributed by atoms with Gasteiger partial charge in [-0.1, -0.05) is 36.4 Å². The molecule has 6 nitrogen and oxygen atoms in total. The van der Waals surface area contributed by atoms with E-state index in [9.17, 15) is 4.79 Å². The van der Waals surface area contributed by atoms with Crippen LogP contribution in [0, 0.1) is 0 Å². The number of aromatic nitrogens is 2. The Balaban J connectivity index is 1.50. The van der Waals surface area contributed by atoms with Gasteiger partial charge in [0.05, 0.1) is 19.8 Å². The van der Waals surface area contributed by atoms with Crippen LogP contribution in [-0.4, -0.2) is 71.4 Å². The van der Waals surface area contributed by atoms with E-state index >= 15 is 0 Å². The molecule has 4 rings (SSSR count). The molecule has 6 heteroatoms. The van der Waals surface area contributed by atoms with Crippen molar-refractivity contribution in [1.82, 2.24) is 19.6 Å². The summed E-state index contributed by atoms with van der Waals surface area (Å²) in [5.74, 6) is 0.0463. The molecule has 1 aromatic heterocycles. The summed E-state index contributed by atoms with van der Waals surface area (Å²) < 4.78 is 7.40. The van der Waals surface area contributed by atoms with Crippen molar-refractivity contribution in [1.29, 1.82) is 0 Å². The third kappa shape index (κ3) is 4.50. The molecule has 160 valence electrons. The number of carbonyl (C=O) groups excluding carboxylic acids is 1. The number of ether oxygens (including phenoxy) is 1. The van der Waals surface area contributed by atoms with Gasteiger partial charge in [0.2, 0.25) is 0 Å². The number of hydrogen-bond donors (Lipinski definition) is 0. The Hall–Kier alpha value is -2.44. The molecular weight excluding hydrogens is 376 g/mol. The highest BCUT2D eigenvalue weighted by Gasteiger charge is 2.32. The molecule has 1 amide bonds. The van der Waals surface area contributed by atoms with Crippen molar-refractivity contribution in [3.8, 4) is 0 Å². The fourth-order valence-corrected chi connectivity index (χ4v) is 4.54. The number of likely N-dealkylation sites (N-methyl/N-ethyl adjacent to an activating group) is 1. The zero-order valence-corrected chi connectivity index (χ0v) is 17.9. The van der Waals surface area contributed by atoms with Gasteiger partial charge in [-0.25, -0.2) is 0 Å². The minimum absolute atomic E-state index is 0.0463. The Morgan fingerprint density at radius 3 is 2.80 bits per heavy atom. The molecule has 2 heterocycles. The first kappa shape index (κ1) is 20.8. The van der Waals surface area contributed by atoms with Crippen molar-refractivity contribution in [3.05, 3.63) is 65.5 Å². The number of morpholine rings is 1. The van der Waals surface area contributed by atoms with Gasteiger partial charge in [0.25, 0.3) is 5.91 Å². The number of fused-ring (bicyclic) bond motifs is 1. The molecule has 0 N–H and O–H groups in total. The maximum atomic E-state index is 13.2. The molecule has 2 aromatic rings. The molecule has 1 fully saturated rings. The van der Waals surface area contributed by atoms with E-state index in [4.69, 9.17) is 9.84 Å². The number of allylic oxidation sites excluding steroid dienone is 1. The molecule has 1 aliphatic carbocycles. The first-order valence-electron chi connectivity index (χ1n) is 11.0. The molecule has 0 saturated carbocycles. The van der Waals surface area contributed by atoms with Gasteiger partial charge >= 0.3 is 0 Å². The predicted octanol–water partition coefficient (Wildman–Crippen LogP) is 2.57. The number of carbonyl (C=O) groups is 1. The molecule has 1 atom stereocenters. The maximum absolute atomic E-state index is 13.2. The fourth-order valence-electron chi connectivity index (χ4n) is 4.54. The zero-order valence-electron chi connectivity index (χ0n) is 17.9. The van der Waals surface area contributed by atoms with Crippen molar-refractivity contribution in [2.75, 3.05) is 39.9 Å². The molecule has 1 aliphatic heterocycles. The molecule has 1 saturated heterocycles. The van der Waals surface area contributed by atoms with Crippen LogP contribution in [0.25, 0.3) is 0 Å². The summed E-state index contributed by atoms with van der Waals surface area (Å²) in [5.41, 5.74) is 4.34. The van der Waals surface area contributed by atoms with Crippen LogP contribution < -0.4 is 0 Å². The van der Waals surface area contributed by atoms with Crippen molar-refractivity contribution in [2.45, 2.75) is 38.3 Å². The largest absolute Gasteiger partial charge is 0.378 e. The van der Waals surface area contributed by atoms with Gasteiger partial charge in [-0.05, 0) is 38.3 Å². The van der Waals surface area contributed by atoms with E-state index in [1.807, 2.05) is 15.7 Å². The number of rotatable bonds is 7. The number of hydrogen-bond acceptors (Lipinski definition) is 4. The summed E-state index contributed by atoms with van der Waals surface area (Å²) in [6.45, 7) is 8.01. The fraction of sp³-hybridized carbons (Fsp3) is 0.500. The Kier molecular flexibility index (Phi) is 6.65. The van der Waals surface area contributed by atoms with Crippen LogP contribution >= 0.6 is 0 Å². The van der Waals surface area contributed by atoms with Crippen LogP contribution in [0.2, 0.25) is 0 Å². The quantitative estimate of drug-likeness (QED) is 0.661. The molecule has 2 aliphatic rings. The lowest BCUT2D eigenvalue weighted by Crippen LogP contribution is -2.42. The Bertz CT molecular complexity index is 871. The van der Waals surface area contributed by atoms with Gasteiger partial charge < -0.3 is 14.5 Å². The van der Waals surface area contributed by atoms with Crippen LogP contribution in [0.15, 0.2) is 43.0 Å². The van der Waals surface area contributed by atoms with Gasteiger partial charge in [0.15, 0.2) is 5.69 Å². The molecule has 30 heavy (non-hydrogen) atoms. The summed E-state index contributed by atoms with van der Waals surface area (Å²) in [6, 6.07) is 11.1. The molecule has 1 aromatic carbocycles. The van der Waals surface area contributed by atoms with Gasteiger partial charge in [-0.15, -0.1) is 6.58 Å². The molecule has 0 unspecified atom stereocenters. The van der Waals surface area contributed by atoms with Gasteiger partial charge in [-0.3, -0.25) is 9.48 Å². The van der Waals surface area contributed by atoms with E-state index < -0.39 is 0 Å². The van der Waals surface area contributed by atoms with E-state index in [1.54, 1.807) is 0 Å². The highest BCUT2D eigenvalue weighted by Crippen LogP contribution is 2.28. The molecular formula is C24H32N4O2. The van der Waals surface area contributed by atoms with Crippen molar-refractivity contribution in [3.63, 3.8) is 0 Å². The average Bonchev–Trinajstić information content (AvgIpc) is 3.16. The number of nitrogens with zero attached hydrogens (tertiary/aromatic N) is 4. The number of amides is 1. The first-order valence-corrected chi connectivity index (χ1v) is 11.0. The summed E-state index contributed by atoms with van der Waals surface area (Å²) in [6.07, 6.45) is 5.81. The van der Waals surface area contributed by atoms with Crippen LogP contribution in [0.4, 0.5) is 0 Å². The second-order valence-electron chi connectivity index (χ2n) is 8.26. The van der Waals surface area contributed by atoms with Crippen molar-refractivity contribution >= 4 is 5.91 Å². The average molecular weight is 409 g/mol. The third-order valence-electron chi connectivity index (χ3n) is 6.34. The Morgan fingerprint density at radius 2 is 2.07 bits per heavy atom. The lowest BCUT2D eigenvalue weighted by Gasteiger charge is -2.32. The van der Waals surface area contributed by atoms with Crippen LogP contribution in [0.1, 0.15) is 33.7 Å². The van der Waals surface area contributed by atoms with Crippen LogP contribution in [0.3, 0.4) is 0 Å². The minimum atomic E-state index is 0.0463. The summed E-state index contributed by atoms with van der Waals surface area (Å²) >= 11 is 0. The summed E-state index contributed by atoms with van der Waals surface area (Å²) in [4.78, 5) is 17.6. The number of benzene rings is 1. The van der Waals surface area contributed by atoms with Crippen LogP contribution in [0.5, 0.6) is 0 Å². The predicted molar refractivity (Wildman–Crippen MR) is 118 cm³/mol. The standard InChI is InChI=1S/C24H32N4O2/c1-3-12-28-22-10-9-20(26(2)13-11-19-7-5-4-6-8-19)18-21(22)23(25-28)24(29)27-14-16-30-17-15-27/h3-8,20H,1,9-18H2,2H3/t20-/m0/s1.